The lowest BCUT2D eigenvalue weighted by atomic mass is 9.92. The van der Waals surface area contributed by atoms with Gasteiger partial charge in [0.25, 0.3) is 5.91 Å². The van der Waals surface area contributed by atoms with Crippen LogP contribution in [0.1, 0.15) is 37.0 Å². The van der Waals surface area contributed by atoms with E-state index in [2.05, 4.69) is 17.6 Å². The van der Waals surface area contributed by atoms with Crippen LogP contribution in [-0.2, 0) is 9.53 Å². The molecule has 1 heterocycles. The Balaban J connectivity index is 1.81. The Morgan fingerprint density at radius 1 is 1.15 bits per heavy atom. The van der Waals surface area contributed by atoms with Crippen molar-refractivity contribution in [1.29, 1.82) is 0 Å². The number of hydrogen-bond acceptors (Lipinski definition) is 5. The minimum atomic E-state index is -1.29. The van der Waals surface area contributed by atoms with Gasteiger partial charge in [-0.3, -0.25) is 9.59 Å². The van der Waals surface area contributed by atoms with Crippen LogP contribution in [0, 0.1) is 21.0 Å². The first-order chi connectivity index (χ1) is 15.7. The molecule has 0 atom stereocenters. The van der Waals surface area contributed by atoms with Crippen LogP contribution in [0.3, 0.4) is 0 Å². The van der Waals surface area contributed by atoms with E-state index >= 15 is 0 Å². The molecule has 1 fully saturated rings. The van der Waals surface area contributed by atoms with Gasteiger partial charge >= 0.3 is 5.97 Å². The largest absolute Gasteiger partial charge is 0.454 e. The molecule has 0 bridgehead atoms. The molecule has 6 nitrogen and oxygen atoms in total. The molecule has 0 radical (unpaired) electrons. The van der Waals surface area contributed by atoms with Gasteiger partial charge in [-0.05, 0) is 65.9 Å². The number of amides is 1. The molecule has 1 saturated heterocycles. The Labute approximate surface area is 204 Å². The van der Waals surface area contributed by atoms with Gasteiger partial charge in [0.1, 0.15) is 5.82 Å². The minimum Gasteiger partial charge on any atom is -0.454 e. The van der Waals surface area contributed by atoms with E-state index in [1.165, 1.54) is 24.0 Å². The van der Waals surface area contributed by atoms with Gasteiger partial charge in [-0.15, -0.1) is 0 Å². The van der Waals surface area contributed by atoms with Crippen LogP contribution in [0.4, 0.5) is 24.5 Å². The smallest absolute Gasteiger partial charge is 0.303 e. The summed E-state index contributed by atoms with van der Waals surface area (Å²) in [6.45, 7) is 4.66. The molecule has 2 N–H and O–H groups in total. The average Bonchev–Trinajstić information content (AvgIpc) is 2.73. The number of carbonyl (C=O) groups is 2. The van der Waals surface area contributed by atoms with Gasteiger partial charge in [-0.2, -0.15) is 0 Å². The number of halogens is 4. The summed E-state index contributed by atoms with van der Waals surface area (Å²) in [5.74, 6) is -4.17. The maximum absolute atomic E-state index is 14.7. The van der Waals surface area contributed by atoms with E-state index in [4.69, 9.17) is 4.74 Å². The molecule has 3 rings (SSSR count). The van der Waals surface area contributed by atoms with Gasteiger partial charge in [0.05, 0.1) is 30.0 Å². The first-order valence-corrected chi connectivity index (χ1v) is 11.6. The third-order valence-corrected chi connectivity index (χ3v) is 5.95. The van der Waals surface area contributed by atoms with Crippen molar-refractivity contribution < 1.29 is 27.5 Å². The standard InChI is InChI=1S/C23H25F3IN3O3/c1-3-4-9-28-11-23(33-14(2)31)12-30(13-23)22(32)16-6-7-17(24)20(26)21(16)29-19-8-5-15(27)10-18(19)25/h5-8,10,28-29H,3-4,9,11-13H2,1-2H3. The summed E-state index contributed by atoms with van der Waals surface area (Å²) in [5, 5.41) is 5.75. The third kappa shape index (κ3) is 5.97. The monoisotopic (exact) mass is 575 g/mol. The highest BCUT2D eigenvalue weighted by Crippen LogP contribution is 2.32. The van der Waals surface area contributed by atoms with Crippen LogP contribution in [-0.4, -0.2) is 48.6 Å². The molecule has 2 aromatic rings. The topological polar surface area (TPSA) is 70.7 Å². The molecule has 10 heteroatoms. The number of likely N-dealkylation sites (tertiary alicyclic amines) is 1. The fourth-order valence-electron chi connectivity index (χ4n) is 3.68. The van der Waals surface area contributed by atoms with Gasteiger partial charge in [0, 0.05) is 17.0 Å². The van der Waals surface area contributed by atoms with Crippen LogP contribution in [0.15, 0.2) is 30.3 Å². The molecule has 0 unspecified atom stereocenters. The summed E-state index contributed by atoms with van der Waals surface area (Å²) in [7, 11) is 0. The number of benzene rings is 2. The SMILES string of the molecule is CCCCNCC1(OC(C)=O)CN(C(=O)c2ccc(F)c(F)c2Nc2ccc(I)cc2F)C1. The molecule has 33 heavy (non-hydrogen) atoms. The molecule has 1 amide bonds. The number of anilines is 2. The van der Waals surface area contributed by atoms with Gasteiger partial charge in [0.2, 0.25) is 0 Å². The number of esters is 1. The van der Waals surface area contributed by atoms with E-state index in [0.29, 0.717) is 10.1 Å². The van der Waals surface area contributed by atoms with Crippen molar-refractivity contribution in [3.05, 3.63) is 56.9 Å². The third-order valence-electron chi connectivity index (χ3n) is 5.28. The van der Waals surface area contributed by atoms with Crippen molar-refractivity contribution in [2.45, 2.75) is 32.3 Å². The Kier molecular flexibility index (Phi) is 8.22. The van der Waals surface area contributed by atoms with E-state index in [0.717, 1.165) is 31.5 Å². The highest BCUT2D eigenvalue weighted by atomic mass is 127. The lowest BCUT2D eigenvalue weighted by Gasteiger charge is -2.49. The second-order valence-electron chi connectivity index (χ2n) is 8.00. The van der Waals surface area contributed by atoms with E-state index in [9.17, 15) is 22.8 Å². The summed E-state index contributed by atoms with van der Waals surface area (Å²) in [6, 6.07) is 6.21. The summed E-state index contributed by atoms with van der Waals surface area (Å²) in [4.78, 5) is 26.1. The predicted molar refractivity (Wildman–Crippen MR) is 127 cm³/mol. The highest BCUT2D eigenvalue weighted by molar-refractivity contribution is 14.1. The summed E-state index contributed by atoms with van der Waals surface area (Å²) < 4.78 is 49.0. The number of unbranched alkanes of at least 4 members (excludes halogenated alkanes) is 1. The summed E-state index contributed by atoms with van der Waals surface area (Å²) >= 11 is 1.93. The molecular formula is C23H25F3IN3O3. The number of hydrogen-bond donors (Lipinski definition) is 2. The fourth-order valence-corrected chi connectivity index (χ4v) is 4.13. The zero-order valence-corrected chi connectivity index (χ0v) is 20.5. The van der Waals surface area contributed by atoms with E-state index in [1.807, 2.05) is 22.6 Å². The first kappa shape index (κ1) is 25.3. The van der Waals surface area contributed by atoms with Crippen molar-refractivity contribution in [2.75, 3.05) is 31.5 Å². The number of carbonyl (C=O) groups excluding carboxylic acids is 2. The first-order valence-electron chi connectivity index (χ1n) is 10.6. The van der Waals surface area contributed by atoms with E-state index in [1.54, 1.807) is 6.07 Å². The van der Waals surface area contributed by atoms with Gasteiger partial charge in [0.15, 0.2) is 17.2 Å². The molecule has 1 aliphatic heterocycles. The molecular weight excluding hydrogens is 550 g/mol. The minimum absolute atomic E-state index is 0.0908. The Morgan fingerprint density at radius 2 is 1.88 bits per heavy atom. The van der Waals surface area contributed by atoms with Gasteiger partial charge in [-0.1, -0.05) is 13.3 Å². The number of nitrogens with one attached hydrogen (secondary N) is 2. The molecule has 0 aromatic heterocycles. The number of ether oxygens (including phenoxy) is 1. The van der Waals surface area contributed by atoms with Crippen LogP contribution in [0.25, 0.3) is 0 Å². The lowest BCUT2D eigenvalue weighted by molar-refractivity contribution is -0.172. The van der Waals surface area contributed by atoms with Crippen LogP contribution >= 0.6 is 22.6 Å². The second kappa shape index (κ2) is 10.7. The summed E-state index contributed by atoms with van der Waals surface area (Å²) in [6.07, 6.45) is 1.96. The van der Waals surface area contributed by atoms with E-state index in [-0.39, 0.29) is 24.3 Å². The normalized spacial score (nSPS) is 14.5. The Hall–Kier alpha value is -2.34. The Morgan fingerprint density at radius 3 is 2.52 bits per heavy atom. The molecule has 0 spiro atoms. The van der Waals surface area contributed by atoms with Crippen LogP contribution in [0.5, 0.6) is 0 Å². The van der Waals surface area contributed by atoms with Crippen LogP contribution in [0.2, 0.25) is 0 Å². The fraction of sp³-hybridized carbons (Fsp3) is 0.391. The number of nitrogens with zero attached hydrogens (tertiary/aromatic N) is 1. The second-order valence-corrected chi connectivity index (χ2v) is 9.25. The average molecular weight is 575 g/mol. The molecule has 2 aromatic carbocycles. The highest BCUT2D eigenvalue weighted by Gasteiger charge is 2.48. The lowest BCUT2D eigenvalue weighted by Crippen LogP contribution is -2.69. The molecule has 0 saturated carbocycles. The molecule has 0 aliphatic carbocycles. The zero-order valence-electron chi connectivity index (χ0n) is 18.3. The van der Waals surface area contributed by atoms with E-state index < -0.39 is 40.6 Å². The van der Waals surface area contributed by atoms with Crippen LogP contribution < -0.4 is 10.6 Å². The molecule has 1 aliphatic rings. The van der Waals surface area contributed by atoms with Gasteiger partial charge in [-0.25, -0.2) is 13.2 Å². The van der Waals surface area contributed by atoms with Crippen molar-refractivity contribution in [3.63, 3.8) is 0 Å². The van der Waals surface area contributed by atoms with Crippen molar-refractivity contribution in [3.8, 4) is 0 Å². The maximum atomic E-state index is 14.7. The zero-order chi connectivity index (χ0) is 24.2. The van der Waals surface area contributed by atoms with Crippen molar-refractivity contribution in [1.82, 2.24) is 10.2 Å². The summed E-state index contributed by atoms with van der Waals surface area (Å²) in [5.41, 5.74) is -1.58. The van der Waals surface area contributed by atoms with Gasteiger partial charge < -0.3 is 20.3 Å². The predicted octanol–water partition coefficient (Wildman–Crippen LogP) is 4.60. The maximum Gasteiger partial charge on any atom is 0.303 e. The quantitative estimate of drug-likeness (QED) is 0.260. The number of rotatable bonds is 9. The Bertz CT molecular complexity index is 1050. The van der Waals surface area contributed by atoms with Crippen molar-refractivity contribution >= 4 is 45.8 Å². The van der Waals surface area contributed by atoms with Crippen molar-refractivity contribution in [2.24, 2.45) is 0 Å². The molecule has 178 valence electrons.